The van der Waals surface area contributed by atoms with Gasteiger partial charge in [-0.1, -0.05) is 30.3 Å². The molecule has 8 nitrogen and oxygen atoms in total. The van der Waals surface area contributed by atoms with Gasteiger partial charge in [0.25, 0.3) is 11.5 Å². The van der Waals surface area contributed by atoms with Gasteiger partial charge in [-0.15, -0.1) is 0 Å². The van der Waals surface area contributed by atoms with Gasteiger partial charge in [0, 0.05) is 50.7 Å². The summed E-state index contributed by atoms with van der Waals surface area (Å²) in [7, 11) is 3.57. The third-order valence-electron chi connectivity index (χ3n) is 5.28. The Hall–Kier alpha value is -3.68. The maximum atomic E-state index is 12.9. The molecule has 0 aliphatic heterocycles. The van der Waals surface area contributed by atoms with Crippen molar-refractivity contribution in [1.82, 2.24) is 24.6 Å². The van der Waals surface area contributed by atoms with Crippen LogP contribution in [-0.4, -0.2) is 38.1 Å². The van der Waals surface area contributed by atoms with Crippen LogP contribution < -0.4 is 10.9 Å². The summed E-state index contributed by atoms with van der Waals surface area (Å²) >= 11 is 0. The minimum Gasteiger partial charge on any atom is -0.350 e. The Morgan fingerprint density at radius 3 is 2.45 bits per heavy atom. The van der Waals surface area contributed by atoms with Gasteiger partial charge in [0.15, 0.2) is 0 Å². The molecule has 8 heteroatoms. The molecule has 0 atom stereocenters. The Balaban J connectivity index is 1.68. The van der Waals surface area contributed by atoms with Crippen LogP contribution >= 0.6 is 0 Å². The molecule has 0 radical (unpaired) electrons. The molecule has 0 fully saturated rings. The van der Waals surface area contributed by atoms with Crippen LogP contribution in [0.25, 0.3) is 0 Å². The van der Waals surface area contributed by atoms with Gasteiger partial charge < -0.3 is 14.8 Å². The number of rotatable bonds is 7. The number of hydrogen-bond donors (Lipinski definition) is 1. The largest absolute Gasteiger partial charge is 0.350 e. The van der Waals surface area contributed by atoms with Crippen molar-refractivity contribution in [3.8, 4) is 0 Å². The average molecular weight is 422 g/mol. The fourth-order valence-corrected chi connectivity index (χ4v) is 3.36. The van der Waals surface area contributed by atoms with E-state index in [1.165, 1.54) is 22.9 Å². The minimum absolute atomic E-state index is 0.155. The van der Waals surface area contributed by atoms with Crippen molar-refractivity contribution in [2.45, 2.75) is 33.5 Å². The number of hydrogen-bond acceptors (Lipinski definition) is 4. The van der Waals surface area contributed by atoms with E-state index in [0.29, 0.717) is 18.7 Å². The first kappa shape index (κ1) is 22.0. The number of carbonyl (C=O) groups excluding carboxylic acids is 2. The van der Waals surface area contributed by atoms with E-state index in [-0.39, 0.29) is 23.9 Å². The summed E-state index contributed by atoms with van der Waals surface area (Å²) in [5.41, 5.74) is 3.84. The Kier molecular flexibility index (Phi) is 6.69. The second-order valence-corrected chi connectivity index (χ2v) is 7.58. The van der Waals surface area contributed by atoms with Gasteiger partial charge in [-0.3, -0.25) is 19.1 Å². The summed E-state index contributed by atoms with van der Waals surface area (Å²) in [5, 5.41) is 7.17. The number of amides is 2. The van der Waals surface area contributed by atoms with Crippen LogP contribution in [0.15, 0.2) is 53.5 Å². The number of pyridine rings is 1. The number of carbonyl (C=O) groups is 2. The molecule has 2 heterocycles. The van der Waals surface area contributed by atoms with Crippen LogP contribution in [0.1, 0.15) is 32.9 Å². The first-order valence-corrected chi connectivity index (χ1v) is 10.0. The van der Waals surface area contributed by atoms with Crippen LogP contribution in [0.3, 0.4) is 0 Å². The van der Waals surface area contributed by atoms with Crippen LogP contribution in [0.5, 0.6) is 0 Å². The monoisotopic (exact) mass is 421 g/mol. The number of aryl methyl sites for hydroxylation is 2. The van der Waals surface area contributed by atoms with Crippen molar-refractivity contribution in [3.05, 3.63) is 87.1 Å². The highest BCUT2D eigenvalue weighted by Gasteiger charge is 2.18. The lowest BCUT2D eigenvalue weighted by Crippen LogP contribution is -2.33. The van der Waals surface area contributed by atoms with Gasteiger partial charge >= 0.3 is 0 Å². The molecule has 0 aliphatic carbocycles. The van der Waals surface area contributed by atoms with E-state index >= 15 is 0 Å². The number of nitrogens with one attached hydrogen (secondary N) is 1. The van der Waals surface area contributed by atoms with Crippen molar-refractivity contribution >= 4 is 11.8 Å². The van der Waals surface area contributed by atoms with E-state index in [1.807, 2.05) is 51.2 Å². The van der Waals surface area contributed by atoms with Gasteiger partial charge in [0.1, 0.15) is 6.54 Å². The van der Waals surface area contributed by atoms with Gasteiger partial charge in [-0.05, 0) is 25.5 Å². The molecule has 0 saturated carbocycles. The van der Waals surface area contributed by atoms with Crippen LogP contribution in [0.4, 0.5) is 0 Å². The summed E-state index contributed by atoms with van der Waals surface area (Å²) in [4.78, 5) is 39.0. The maximum Gasteiger partial charge on any atom is 0.255 e. The normalized spacial score (nSPS) is 10.7. The molecule has 0 unspecified atom stereocenters. The summed E-state index contributed by atoms with van der Waals surface area (Å²) in [6, 6.07) is 12.3. The Bertz CT molecular complexity index is 1150. The molecule has 2 aromatic heterocycles. The summed E-state index contributed by atoms with van der Waals surface area (Å²) < 4.78 is 3.04. The summed E-state index contributed by atoms with van der Waals surface area (Å²) in [6.07, 6.45) is 1.44. The number of benzene rings is 1. The quantitative estimate of drug-likeness (QED) is 0.630. The van der Waals surface area contributed by atoms with Gasteiger partial charge in [0.05, 0.1) is 11.3 Å². The van der Waals surface area contributed by atoms with Crippen molar-refractivity contribution in [1.29, 1.82) is 0 Å². The molecular weight excluding hydrogens is 394 g/mol. The molecule has 3 aromatic rings. The van der Waals surface area contributed by atoms with E-state index in [9.17, 15) is 14.4 Å². The average Bonchev–Trinajstić information content (AvgIpc) is 3.00. The molecular formula is C23H27N5O3. The minimum atomic E-state index is -0.340. The van der Waals surface area contributed by atoms with Crippen molar-refractivity contribution in [2.24, 2.45) is 7.05 Å². The second-order valence-electron chi connectivity index (χ2n) is 7.58. The fraction of sp³-hybridized carbons (Fsp3) is 0.304. The third kappa shape index (κ3) is 5.28. The first-order chi connectivity index (χ1) is 14.8. The van der Waals surface area contributed by atoms with Crippen molar-refractivity contribution in [3.63, 3.8) is 0 Å². The Morgan fingerprint density at radius 2 is 1.81 bits per heavy atom. The van der Waals surface area contributed by atoms with E-state index in [2.05, 4.69) is 10.4 Å². The van der Waals surface area contributed by atoms with E-state index in [0.717, 1.165) is 22.5 Å². The van der Waals surface area contributed by atoms with Crippen molar-refractivity contribution < 1.29 is 9.59 Å². The predicted molar refractivity (Wildman–Crippen MR) is 117 cm³/mol. The highest BCUT2D eigenvalue weighted by atomic mass is 16.2. The van der Waals surface area contributed by atoms with Crippen molar-refractivity contribution in [2.75, 3.05) is 7.05 Å². The lowest BCUT2D eigenvalue weighted by Gasteiger charge is -2.18. The molecule has 162 valence electrons. The topological polar surface area (TPSA) is 89.2 Å². The zero-order valence-corrected chi connectivity index (χ0v) is 18.3. The van der Waals surface area contributed by atoms with Gasteiger partial charge in [-0.25, -0.2) is 0 Å². The van der Waals surface area contributed by atoms with Gasteiger partial charge in [0.2, 0.25) is 5.91 Å². The van der Waals surface area contributed by atoms with E-state index in [1.54, 1.807) is 16.6 Å². The van der Waals surface area contributed by atoms with E-state index < -0.39 is 0 Å². The molecule has 0 aliphatic rings. The second kappa shape index (κ2) is 9.42. The fourth-order valence-electron chi connectivity index (χ4n) is 3.36. The Morgan fingerprint density at radius 1 is 1.10 bits per heavy atom. The summed E-state index contributed by atoms with van der Waals surface area (Å²) in [5.74, 6) is -0.536. The third-order valence-corrected chi connectivity index (χ3v) is 5.28. The predicted octanol–water partition coefficient (Wildman–Crippen LogP) is 1.79. The molecule has 3 rings (SSSR count). The Labute approximate surface area is 181 Å². The number of nitrogens with zero attached hydrogens (tertiary/aromatic N) is 4. The summed E-state index contributed by atoms with van der Waals surface area (Å²) in [6.45, 7) is 4.49. The molecule has 0 saturated heterocycles. The zero-order valence-electron chi connectivity index (χ0n) is 18.3. The molecule has 0 bridgehead atoms. The van der Waals surface area contributed by atoms with Crippen LogP contribution in [0, 0.1) is 13.8 Å². The smallest absolute Gasteiger partial charge is 0.255 e. The maximum absolute atomic E-state index is 12.9. The first-order valence-electron chi connectivity index (χ1n) is 10.0. The van der Waals surface area contributed by atoms with Crippen LogP contribution in [-0.2, 0) is 31.5 Å². The highest BCUT2D eigenvalue weighted by Crippen LogP contribution is 2.15. The molecule has 31 heavy (non-hydrogen) atoms. The lowest BCUT2D eigenvalue weighted by atomic mass is 10.1. The highest BCUT2D eigenvalue weighted by molar-refractivity contribution is 5.93. The standard InChI is InChI=1S/C23H27N5O3/c1-16-20(17(2)27(4)25-16)14-26(3)23(31)19-10-11-22(30)28(13-19)15-21(29)24-12-18-8-6-5-7-9-18/h5-11,13H,12,14-15H2,1-4H3,(H,24,29). The lowest BCUT2D eigenvalue weighted by molar-refractivity contribution is -0.121. The zero-order chi connectivity index (χ0) is 22.5. The number of aromatic nitrogens is 3. The molecule has 1 N–H and O–H groups in total. The molecule has 2 amide bonds. The SMILES string of the molecule is Cc1nn(C)c(C)c1CN(C)C(=O)c1ccc(=O)n(CC(=O)NCc2ccccc2)c1. The molecule has 1 aromatic carbocycles. The van der Waals surface area contributed by atoms with Gasteiger partial charge in [-0.2, -0.15) is 5.10 Å². The van der Waals surface area contributed by atoms with E-state index in [4.69, 9.17) is 0 Å². The molecule has 0 spiro atoms. The van der Waals surface area contributed by atoms with Crippen LogP contribution in [0.2, 0.25) is 0 Å².